The van der Waals surface area contributed by atoms with E-state index >= 15 is 0 Å². The van der Waals surface area contributed by atoms with Crippen molar-refractivity contribution in [1.82, 2.24) is 0 Å². The van der Waals surface area contributed by atoms with Gasteiger partial charge >= 0.3 is 0 Å². The van der Waals surface area contributed by atoms with Crippen molar-refractivity contribution in [3.8, 4) is 11.8 Å². The van der Waals surface area contributed by atoms with Gasteiger partial charge in [0.1, 0.15) is 17.6 Å². The number of anilines is 1. The second kappa shape index (κ2) is 6.78. The summed E-state index contributed by atoms with van der Waals surface area (Å²) >= 11 is 5.66. The number of rotatable bonds is 4. The van der Waals surface area contributed by atoms with Crippen molar-refractivity contribution in [2.45, 2.75) is 0 Å². The van der Waals surface area contributed by atoms with Crippen LogP contribution in [0.25, 0.3) is 6.08 Å². The van der Waals surface area contributed by atoms with Crippen LogP contribution in [0.3, 0.4) is 0 Å². The molecule has 0 unspecified atom stereocenters. The fourth-order valence-electron chi connectivity index (χ4n) is 1.72. The maximum Gasteiger partial charge on any atom is 0.133 e. The largest absolute Gasteiger partial charge is 0.497 e. The standard InChI is InChI=1S/C16H11ClFN2O/c1-21-14-4-2-3-13(9-14)20-6-5-15-11(10-19)7-12(17)8-16(15)18/h2-6,8-9,20H,1H3. The lowest BCUT2D eigenvalue weighted by Crippen LogP contribution is -1.92. The molecule has 0 bridgehead atoms. The van der Waals surface area contributed by atoms with Crippen molar-refractivity contribution in [3.63, 3.8) is 0 Å². The Hall–Kier alpha value is -2.51. The molecule has 3 nitrogen and oxygen atoms in total. The van der Waals surface area contributed by atoms with E-state index in [1.807, 2.05) is 24.3 Å². The van der Waals surface area contributed by atoms with Crippen LogP contribution >= 0.6 is 11.6 Å². The number of nitrogens with zero attached hydrogens (tertiary/aromatic N) is 1. The highest BCUT2D eigenvalue weighted by Gasteiger charge is 2.08. The molecule has 0 aliphatic carbocycles. The van der Waals surface area contributed by atoms with E-state index in [0.717, 1.165) is 11.8 Å². The predicted octanol–water partition coefficient (Wildman–Crippen LogP) is 4.24. The SMILES string of the molecule is COc1cccc(NC=Cc2c(C#N)[c]c(Cl)cc2F)c1. The van der Waals surface area contributed by atoms with Gasteiger partial charge < -0.3 is 10.1 Å². The van der Waals surface area contributed by atoms with Crippen LogP contribution < -0.4 is 10.1 Å². The first-order valence-corrected chi connectivity index (χ1v) is 6.40. The average molecular weight is 302 g/mol. The zero-order chi connectivity index (χ0) is 15.2. The molecule has 0 spiro atoms. The Labute approximate surface area is 127 Å². The van der Waals surface area contributed by atoms with Gasteiger partial charge in [-0.05, 0) is 24.3 Å². The van der Waals surface area contributed by atoms with E-state index in [1.165, 1.54) is 12.3 Å². The average Bonchev–Trinajstić information content (AvgIpc) is 2.49. The van der Waals surface area contributed by atoms with Crippen molar-refractivity contribution >= 4 is 23.4 Å². The molecule has 0 fully saturated rings. The minimum absolute atomic E-state index is 0.0590. The summed E-state index contributed by atoms with van der Waals surface area (Å²) in [6.07, 6.45) is 3.00. The maximum atomic E-state index is 13.8. The molecule has 5 heteroatoms. The van der Waals surface area contributed by atoms with E-state index in [1.54, 1.807) is 13.2 Å². The van der Waals surface area contributed by atoms with Crippen LogP contribution in [0.4, 0.5) is 10.1 Å². The zero-order valence-corrected chi connectivity index (χ0v) is 11.9. The van der Waals surface area contributed by atoms with Crippen LogP contribution in [-0.2, 0) is 0 Å². The number of halogens is 2. The lowest BCUT2D eigenvalue weighted by molar-refractivity contribution is 0.415. The van der Waals surface area contributed by atoms with Gasteiger partial charge in [-0.25, -0.2) is 4.39 Å². The molecule has 0 saturated carbocycles. The van der Waals surface area contributed by atoms with Gasteiger partial charge in [0.05, 0.1) is 17.7 Å². The Morgan fingerprint density at radius 3 is 2.95 bits per heavy atom. The number of methoxy groups -OCH3 is 1. The Kier molecular flexibility index (Phi) is 4.81. The van der Waals surface area contributed by atoms with Crippen LogP contribution in [0, 0.1) is 23.2 Å². The molecule has 2 rings (SSSR count). The number of hydrogen-bond donors (Lipinski definition) is 1. The molecule has 0 saturated heterocycles. The number of nitrogens with one attached hydrogen (secondary N) is 1. The van der Waals surface area contributed by atoms with E-state index in [4.69, 9.17) is 21.6 Å². The van der Waals surface area contributed by atoms with Crippen LogP contribution in [0.1, 0.15) is 11.1 Å². The molecule has 105 valence electrons. The fourth-order valence-corrected chi connectivity index (χ4v) is 1.91. The van der Waals surface area contributed by atoms with E-state index < -0.39 is 5.82 Å². The number of hydrogen-bond acceptors (Lipinski definition) is 3. The van der Waals surface area contributed by atoms with Crippen molar-refractivity contribution in [1.29, 1.82) is 5.26 Å². The summed E-state index contributed by atoms with van der Waals surface area (Å²) in [7, 11) is 1.58. The minimum atomic E-state index is -0.570. The summed E-state index contributed by atoms with van der Waals surface area (Å²) in [4.78, 5) is 0. The van der Waals surface area contributed by atoms with Gasteiger partial charge in [-0.3, -0.25) is 0 Å². The van der Waals surface area contributed by atoms with Gasteiger partial charge in [0.25, 0.3) is 0 Å². The number of nitriles is 1. The summed E-state index contributed by atoms with van der Waals surface area (Å²) in [5.41, 5.74) is 0.975. The highest BCUT2D eigenvalue weighted by molar-refractivity contribution is 6.30. The smallest absolute Gasteiger partial charge is 0.133 e. The molecule has 0 atom stereocenters. The molecule has 0 aromatic heterocycles. The summed E-state index contributed by atoms with van der Waals surface area (Å²) < 4.78 is 18.9. The highest BCUT2D eigenvalue weighted by atomic mass is 35.5. The van der Waals surface area contributed by atoms with E-state index in [2.05, 4.69) is 11.4 Å². The van der Waals surface area contributed by atoms with Crippen molar-refractivity contribution < 1.29 is 9.13 Å². The van der Waals surface area contributed by atoms with E-state index in [9.17, 15) is 4.39 Å². The van der Waals surface area contributed by atoms with Crippen LogP contribution in [0.5, 0.6) is 5.75 Å². The molecule has 2 aromatic rings. The van der Waals surface area contributed by atoms with Gasteiger partial charge in [0, 0.05) is 29.6 Å². The number of ether oxygens (including phenoxy) is 1. The summed E-state index contributed by atoms with van der Waals surface area (Å²) in [6.45, 7) is 0. The predicted molar refractivity (Wildman–Crippen MR) is 80.6 cm³/mol. The third kappa shape index (κ3) is 3.74. The van der Waals surface area contributed by atoms with Crippen LogP contribution in [0.15, 0.2) is 36.5 Å². The van der Waals surface area contributed by atoms with Crippen LogP contribution in [0.2, 0.25) is 5.02 Å². The van der Waals surface area contributed by atoms with E-state index in [-0.39, 0.29) is 16.1 Å². The molecule has 21 heavy (non-hydrogen) atoms. The first kappa shape index (κ1) is 14.9. The minimum Gasteiger partial charge on any atom is -0.497 e. The van der Waals surface area contributed by atoms with Crippen molar-refractivity contribution in [3.05, 3.63) is 64.6 Å². The van der Waals surface area contributed by atoms with E-state index in [0.29, 0.717) is 5.75 Å². The first-order chi connectivity index (χ1) is 10.1. The first-order valence-electron chi connectivity index (χ1n) is 6.02. The summed E-state index contributed by atoms with van der Waals surface area (Å²) in [5, 5.41) is 12.0. The van der Waals surface area contributed by atoms with Crippen molar-refractivity contribution in [2.75, 3.05) is 12.4 Å². The Morgan fingerprint density at radius 2 is 2.24 bits per heavy atom. The molecule has 1 radical (unpaired) electrons. The third-order valence-corrected chi connectivity index (χ3v) is 2.91. The summed E-state index contributed by atoms with van der Waals surface area (Å²) in [5.74, 6) is 0.135. The molecular formula is C16H11ClFN2O. The summed E-state index contributed by atoms with van der Waals surface area (Å²) in [6, 6.07) is 12.9. The molecule has 0 aliphatic heterocycles. The topological polar surface area (TPSA) is 45.0 Å². The lowest BCUT2D eigenvalue weighted by atomic mass is 10.1. The fraction of sp³-hybridized carbons (Fsp3) is 0.0625. The Morgan fingerprint density at radius 1 is 1.43 bits per heavy atom. The second-order valence-corrected chi connectivity index (χ2v) is 4.48. The van der Waals surface area contributed by atoms with Gasteiger partial charge in [0.15, 0.2) is 0 Å². The highest BCUT2D eigenvalue weighted by Crippen LogP contribution is 2.21. The maximum absolute atomic E-state index is 13.8. The van der Waals surface area contributed by atoms with Gasteiger partial charge in [-0.15, -0.1) is 0 Å². The third-order valence-electron chi connectivity index (χ3n) is 2.71. The van der Waals surface area contributed by atoms with Gasteiger partial charge in [-0.1, -0.05) is 17.7 Å². The Bertz CT molecular complexity index is 723. The molecule has 0 aliphatic rings. The molecule has 1 N–H and O–H groups in total. The quantitative estimate of drug-likeness (QED) is 0.918. The molecule has 0 heterocycles. The second-order valence-electron chi connectivity index (χ2n) is 4.08. The van der Waals surface area contributed by atoms with Crippen molar-refractivity contribution in [2.24, 2.45) is 0 Å². The molecule has 2 aromatic carbocycles. The molecular weight excluding hydrogens is 291 g/mol. The van der Waals surface area contributed by atoms with Crippen LogP contribution in [-0.4, -0.2) is 7.11 Å². The monoisotopic (exact) mass is 301 g/mol. The normalized spacial score (nSPS) is 10.4. The lowest BCUT2D eigenvalue weighted by Gasteiger charge is -2.04. The molecule has 0 amide bonds. The van der Waals surface area contributed by atoms with Gasteiger partial charge in [0.2, 0.25) is 0 Å². The zero-order valence-electron chi connectivity index (χ0n) is 11.2. The Balaban J connectivity index is 2.20. The number of benzene rings is 2. The van der Waals surface area contributed by atoms with Gasteiger partial charge in [-0.2, -0.15) is 5.26 Å².